The minimum absolute atomic E-state index is 0.00189. The summed E-state index contributed by atoms with van der Waals surface area (Å²) >= 11 is 12.2. The van der Waals surface area contributed by atoms with Gasteiger partial charge in [-0.2, -0.15) is 8.61 Å². The first-order valence-corrected chi connectivity index (χ1v) is 14.1. The molecule has 1 aliphatic heterocycles. The minimum atomic E-state index is -4.11. The second-order valence-electron chi connectivity index (χ2n) is 7.71. The standard InChI is InChI=1S/C23H21Cl2N3O5S2/c24-19-12-7-13-20(22(19)25)26-23(29)21-16-27(34(30,31)17-8-3-1-4-9-17)14-15-28(21)35(32,33)18-10-5-2-6-11-18/h1-13,21H,14-16H2,(H,26,29)/t21-/m0/s1. The first-order chi connectivity index (χ1) is 16.6. The molecule has 1 heterocycles. The van der Waals surface area contributed by atoms with Crippen LogP contribution in [-0.2, 0) is 24.8 Å². The van der Waals surface area contributed by atoms with E-state index in [1.165, 1.54) is 30.3 Å². The molecule has 8 nitrogen and oxygen atoms in total. The maximum Gasteiger partial charge on any atom is 0.244 e. The number of anilines is 1. The number of piperazine rings is 1. The molecule has 0 saturated carbocycles. The molecule has 3 aromatic carbocycles. The van der Waals surface area contributed by atoms with Crippen LogP contribution in [0.1, 0.15) is 0 Å². The van der Waals surface area contributed by atoms with E-state index < -0.39 is 32.0 Å². The predicted molar refractivity (Wildman–Crippen MR) is 134 cm³/mol. The van der Waals surface area contributed by atoms with Crippen molar-refractivity contribution in [3.8, 4) is 0 Å². The van der Waals surface area contributed by atoms with Gasteiger partial charge < -0.3 is 5.32 Å². The lowest BCUT2D eigenvalue weighted by Crippen LogP contribution is -2.60. The first kappa shape index (κ1) is 25.6. The summed E-state index contributed by atoms with van der Waals surface area (Å²) < 4.78 is 55.5. The summed E-state index contributed by atoms with van der Waals surface area (Å²) in [6, 6.07) is 18.7. The fourth-order valence-electron chi connectivity index (χ4n) is 3.75. The zero-order valence-electron chi connectivity index (χ0n) is 18.2. The Kier molecular flexibility index (Phi) is 7.51. The van der Waals surface area contributed by atoms with Crippen molar-refractivity contribution in [1.82, 2.24) is 8.61 Å². The molecule has 1 fully saturated rings. The number of hydrogen-bond donors (Lipinski definition) is 1. The van der Waals surface area contributed by atoms with Gasteiger partial charge in [0.05, 0.1) is 25.5 Å². The van der Waals surface area contributed by atoms with Gasteiger partial charge in [0, 0.05) is 19.6 Å². The van der Waals surface area contributed by atoms with Crippen LogP contribution in [0.25, 0.3) is 0 Å². The van der Waals surface area contributed by atoms with E-state index in [0.717, 1.165) is 8.61 Å². The van der Waals surface area contributed by atoms with Crippen LogP contribution in [0.2, 0.25) is 10.0 Å². The van der Waals surface area contributed by atoms with Crippen LogP contribution in [-0.4, -0.2) is 57.0 Å². The van der Waals surface area contributed by atoms with Crippen LogP contribution in [0.3, 0.4) is 0 Å². The quantitative estimate of drug-likeness (QED) is 0.501. The van der Waals surface area contributed by atoms with Gasteiger partial charge >= 0.3 is 0 Å². The molecule has 184 valence electrons. The molecular formula is C23H21Cl2N3O5S2. The lowest BCUT2D eigenvalue weighted by Gasteiger charge is -2.39. The molecule has 35 heavy (non-hydrogen) atoms. The number of benzene rings is 3. The maximum absolute atomic E-state index is 13.4. The van der Waals surface area contributed by atoms with Gasteiger partial charge in [0.15, 0.2) is 0 Å². The van der Waals surface area contributed by atoms with Crippen molar-refractivity contribution in [1.29, 1.82) is 0 Å². The summed E-state index contributed by atoms with van der Waals surface area (Å²) in [5.41, 5.74) is 0.185. The number of amides is 1. The van der Waals surface area contributed by atoms with Crippen LogP contribution in [0.15, 0.2) is 88.7 Å². The van der Waals surface area contributed by atoms with E-state index >= 15 is 0 Å². The van der Waals surface area contributed by atoms with Gasteiger partial charge in [-0.05, 0) is 36.4 Å². The molecule has 1 amide bonds. The Labute approximate surface area is 214 Å². The van der Waals surface area contributed by atoms with E-state index in [-0.39, 0.29) is 45.2 Å². The fourth-order valence-corrected chi connectivity index (χ4v) is 7.14. The number of nitrogens with zero attached hydrogens (tertiary/aromatic N) is 2. The summed E-state index contributed by atoms with van der Waals surface area (Å²) in [6.45, 7) is -0.719. The van der Waals surface area contributed by atoms with E-state index in [0.29, 0.717) is 0 Å². The third-order valence-corrected chi connectivity index (χ3v) is 10.2. The molecular weight excluding hydrogens is 533 g/mol. The molecule has 1 saturated heterocycles. The van der Waals surface area contributed by atoms with Crippen LogP contribution < -0.4 is 5.32 Å². The van der Waals surface area contributed by atoms with Crippen LogP contribution >= 0.6 is 23.2 Å². The number of halogens is 2. The Morgan fingerprint density at radius 2 is 1.34 bits per heavy atom. The highest BCUT2D eigenvalue weighted by atomic mass is 35.5. The maximum atomic E-state index is 13.4. The second kappa shape index (κ2) is 10.3. The fraction of sp³-hybridized carbons (Fsp3) is 0.174. The third kappa shape index (κ3) is 5.23. The highest BCUT2D eigenvalue weighted by Crippen LogP contribution is 2.31. The predicted octanol–water partition coefficient (Wildman–Crippen LogP) is 3.70. The highest BCUT2D eigenvalue weighted by Gasteiger charge is 2.43. The molecule has 0 bridgehead atoms. The van der Waals surface area contributed by atoms with E-state index in [2.05, 4.69) is 5.32 Å². The molecule has 0 aliphatic carbocycles. The Morgan fingerprint density at radius 3 is 1.94 bits per heavy atom. The van der Waals surface area contributed by atoms with Gasteiger partial charge in [0.1, 0.15) is 6.04 Å². The molecule has 12 heteroatoms. The Morgan fingerprint density at radius 1 is 0.771 bits per heavy atom. The van der Waals surface area contributed by atoms with E-state index in [9.17, 15) is 21.6 Å². The van der Waals surface area contributed by atoms with Crippen LogP contribution in [0, 0.1) is 0 Å². The van der Waals surface area contributed by atoms with Crippen molar-refractivity contribution in [3.05, 3.63) is 88.9 Å². The Bertz CT molecular complexity index is 1440. The smallest absolute Gasteiger partial charge is 0.244 e. The van der Waals surface area contributed by atoms with Crippen molar-refractivity contribution in [3.63, 3.8) is 0 Å². The average Bonchev–Trinajstić information content (AvgIpc) is 2.87. The van der Waals surface area contributed by atoms with E-state index in [4.69, 9.17) is 23.2 Å². The number of hydrogen-bond acceptors (Lipinski definition) is 5. The lowest BCUT2D eigenvalue weighted by molar-refractivity contribution is -0.120. The molecule has 1 N–H and O–H groups in total. The van der Waals surface area contributed by atoms with Crippen molar-refractivity contribution in [2.75, 3.05) is 25.0 Å². The van der Waals surface area contributed by atoms with E-state index in [1.54, 1.807) is 48.5 Å². The van der Waals surface area contributed by atoms with Gasteiger partial charge in [-0.1, -0.05) is 65.7 Å². The third-order valence-electron chi connectivity index (χ3n) is 5.54. The summed E-state index contributed by atoms with van der Waals surface area (Å²) in [7, 11) is -8.07. The summed E-state index contributed by atoms with van der Waals surface area (Å²) in [6.07, 6.45) is 0. The number of rotatable bonds is 6. The first-order valence-electron chi connectivity index (χ1n) is 10.5. The van der Waals surface area contributed by atoms with Gasteiger partial charge in [-0.15, -0.1) is 0 Å². The van der Waals surface area contributed by atoms with Crippen LogP contribution in [0.4, 0.5) is 5.69 Å². The number of carbonyl (C=O) groups excluding carboxylic acids is 1. The Hall–Kier alpha value is -2.47. The molecule has 1 atom stereocenters. The monoisotopic (exact) mass is 553 g/mol. The number of nitrogens with one attached hydrogen (secondary N) is 1. The second-order valence-corrected chi connectivity index (χ2v) is 12.3. The SMILES string of the molecule is O=C(Nc1cccc(Cl)c1Cl)[C@@H]1CN(S(=O)(=O)c2ccccc2)CCN1S(=O)(=O)c1ccccc1. The molecule has 0 unspecified atom stereocenters. The van der Waals surface area contributed by atoms with Gasteiger partial charge in [0.2, 0.25) is 26.0 Å². The normalized spacial score (nSPS) is 17.7. The van der Waals surface area contributed by atoms with Gasteiger partial charge in [0.25, 0.3) is 0 Å². The summed E-state index contributed by atoms with van der Waals surface area (Å²) in [4.78, 5) is 13.4. The van der Waals surface area contributed by atoms with Crippen molar-refractivity contribution in [2.24, 2.45) is 0 Å². The van der Waals surface area contributed by atoms with E-state index in [1.807, 2.05) is 0 Å². The zero-order valence-corrected chi connectivity index (χ0v) is 21.4. The number of sulfonamides is 2. The molecule has 0 radical (unpaired) electrons. The van der Waals surface area contributed by atoms with Crippen molar-refractivity contribution >= 4 is 54.8 Å². The molecule has 3 aromatic rings. The average molecular weight is 554 g/mol. The summed E-state index contributed by atoms with van der Waals surface area (Å²) in [5, 5.41) is 2.89. The van der Waals surface area contributed by atoms with Crippen molar-refractivity contribution in [2.45, 2.75) is 15.8 Å². The van der Waals surface area contributed by atoms with Crippen molar-refractivity contribution < 1.29 is 21.6 Å². The number of carbonyl (C=O) groups is 1. The minimum Gasteiger partial charge on any atom is -0.323 e. The molecule has 0 aromatic heterocycles. The highest BCUT2D eigenvalue weighted by molar-refractivity contribution is 7.89. The van der Waals surface area contributed by atoms with Gasteiger partial charge in [-0.25, -0.2) is 16.8 Å². The molecule has 1 aliphatic rings. The van der Waals surface area contributed by atoms with Gasteiger partial charge in [-0.3, -0.25) is 4.79 Å². The zero-order chi connectivity index (χ0) is 25.2. The lowest BCUT2D eigenvalue weighted by atomic mass is 10.2. The Balaban J connectivity index is 1.71. The van der Waals surface area contributed by atoms with Crippen LogP contribution in [0.5, 0.6) is 0 Å². The largest absolute Gasteiger partial charge is 0.323 e. The topological polar surface area (TPSA) is 104 Å². The molecule has 0 spiro atoms. The molecule has 4 rings (SSSR count). The summed E-state index contributed by atoms with van der Waals surface area (Å²) in [5.74, 6) is -0.735.